The van der Waals surface area contributed by atoms with Crippen LogP contribution >= 0.6 is 0 Å². The molecule has 0 radical (unpaired) electrons. The van der Waals surface area contributed by atoms with Crippen LogP contribution in [0.5, 0.6) is 0 Å². The fourth-order valence-corrected chi connectivity index (χ4v) is 1.56. The van der Waals surface area contributed by atoms with Gasteiger partial charge in [0.15, 0.2) is 9.84 Å². The van der Waals surface area contributed by atoms with E-state index in [-0.39, 0.29) is 0 Å². The SMILES string of the molecule is CS(=O)(=O)C1=CC=CC=CC1. The van der Waals surface area contributed by atoms with Crippen LogP contribution in [0.25, 0.3) is 0 Å². The van der Waals surface area contributed by atoms with Gasteiger partial charge in [0.05, 0.1) is 0 Å². The molecule has 0 spiro atoms. The van der Waals surface area contributed by atoms with Crippen molar-refractivity contribution < 1.29 is 8.42 Å². The Morgan fingerprint density at radius 2 is 2.00 bits per heavy atom. The van der Waals surface area contributed by atoms with E-state index >= 15 is 0 Å². The Labute approximate surface area is 66.8 Å². The lowest BCUT2D eigenvalue weighted by molar-refractivity contribution is 0.607. The second kappa shape index (κ2) is 3.05. The lowest BCUT2D eigenvalue weighted by atomic mass is 10.4. The summed E-state index contributed by atoms with van der Waals surface area (Å²) in [7, 11) is -2.99. The summed E-state index contributed by atoms with van der Waals surface area (Å²) in [4.78, 5) is 0.475. The monoisotopic (exact) mass is 170 g/mol. The first kappa shape index (κ1) is 8.27. The Morgan fingerprint density at radius 3 is 2.64 bits per heavy atom. The van der Waals surface area contributed by atoms with Crippen LogP contribution in [0, 0.1) is 0 Å². The van der Waals surface area contributed by atoms with Crippen molar-refractivity contribution in [2.45, 2.75) is 6.42 Å². The van der Waals surface area contributed by atoms with E-state index < -0.39 is 9.84 Å². The van der Waals surface area contributed by atoms with E-state index in [1.807, 2.05) is 18.2 Å². The maximum Gasteiger partial charge on any atom is 0.172 e. The lowest BCUT2D eigenvalue weighted by Gasteiger charge is -1.97. The first-order valence-electron chi connectivity index (χ1n) is 3.33. The van der Waals surface area contributed by atoms with Crippen LogP contribution in [0.1, 0.15) is 6.42 Å². The molecule has 1 aliphatic carbocycles. The Balaban J connectivity index is 2.99. The van der Waals surface area contributed by atoms with Gasteiger partial charge in [0.2, 0.25) is 0 Å². The zero-order valence-corrected chi connectivity index (χ0v) is 7.14. The average Bonchev–Trinajstić information content (AvgIpc) is 2.10. The minimum Gasteiger partial charge on any atom is -0.224 e. The first-order chi connectivity index (χ1) is 5.11. The number of rotatable bonds is 1. The number of hydrogen-bond acceptors (Lipinski definition) is 2. The molecule has 0 saturated heterocycles. The maximum atomic E-state index is 11.0. The predicted octanol–water partition coefficient (Wildman–Crippen LogP) is 1.43. The van der Waals surface area contributed by atoms with Crippen molar-refractivity contribution >= 4 is 9.84 Å². The molecule has 0 aromatic heterocycles. The Kier molecular flexibility index (Phi) is 2.29. The summed E-state index contributed by atoms with van der Waals surface area (Å²) in [5, 5.41) is 0. The van der Waals surface area contributed by atoms with E-state index in [9.17, 15) is 8.42 Å². The Morgan fingerprint density at radius 1 is 1.27 bits per heavy atom. The minimum absolute atomic E-state index is 0.475. The second-order valence-electron chi connectivity index (χ2n) is 2.42. The highest BCUT2D eigenvalue weighted by Crippen LogP contribution is 2.12. The van der Waals surface area contributed by atoms with Gasteiger partial charge < -0.3 is 0 Å². The minimum atomic E-state index is -2.99. The van der Waals surface area contributed by atoms with E-state index in [1.54, 1.807) is 12.2 Å². The highest BCUT2D eigenvalue weighted by molar-refractivity contribution is 7.94. The fourth-order valence-electron chi connectivity index (χ4n) is 0.833. The molecule has 0 unspecified atom stereocenters. The molecule has 2 nitrogen and oxygen atoms in total. The molecule has 0 heterocycles. The van der Waals surface area contributed by atoms with Gasteiger partial charge >= 0.3 is 0 Å². The number of hydrogen-bond donors (Lipinski definition) is 0. The summed E-state index contributed by atoms with van der Waals surface area (Å²) < 4.78 is 22.0. The average molecular weight is 170 g/mol. The van der Waals surface area contributed by atoms with Crippen LogP contribution in [0.4, 0.5) is 0 Å². The summed E-state index contributed by atoms with van der Waals surface area (Å²) in [6.45, 7) is 0. The summed E-state index contributed by atoms with van der Waals surface area (Å²) in [5.74, 6) is 0. The van der Waals surface area contributed by atoms with Gasteiger partial charge in [-0.15, -0.1) is 0 Å². The van der Waals surface area contributed by atoms with Crippen molar-refractivity contribution in [3.05, 3.63) is 35.3 Å². The van der Waals surface area contributed by atoms with Crippen LogP contribution < -0.4 is 0 Å². The van der Waals surface area contributed by atoms with Crippen molar-refractivity contribution in [3.8, 4) is 0 Å². The summed E-state index contributed by atoms with van der Waals surface area (Å²) in [6.07, 6.45) is 10.6. The van der Waals surface area contributed by atoms with Gasteiger partial charge in [0.25, 0.3) is 0 Å². The molecule has 0 saturated carbocycles. The molecule has 0 aromatic carbocycles. The van der Waals surface area contributed by atoms with Gasteiger partial charge in [-0.05, 0) is 6.08 Å². The second-order valence-corrected chi connectivity index (χ2v) is 4.49. The maximum absolute atomic E-state index is 11.0. The molecule has 60 valence electrons. The van der Waals surface area contributed by atoms with Gasteiger partial charge in [0, 0.05) is 17.6 Å². The van der Waals surface area contributed by atoms with Crippen LogP contribution in [0.2, 0.25) is 0 Å². The Bertz CT molecular complexity index is 318. The van der Waals surface area contributed by atoms with Crippen LogP contribution in [-0.4, -0.2) is 14.7 Å². The molecular formula is C8H10O2S. The van der Waals surface area contributed by atoms with Gasteiger partial charge in [-0.1, -0.05) is 24.3 Å². The third kappa shape index (κ3) is 2.35. The van der Waals surface area contributed by atoms with Crippen molar-refractivity contribution in [3.63, 3.8) is 0 Å². The molecule has 0 bridgehead atoms. The van der Waals surface area contributed by atoms with Gasteiger partial charge in [-0.3, -0.25) is 0 Å². The van der Waals surface area contributed by atoms with Crippen LogP contribution in [0.3, 0.4) is 0 Å². The number of allylic oxidation sites excluding steroid dienone is 6. The molecule has 1 rings (SSSR count). The molecule has 0 fully saturated rings. The summed E-state index contributed by atoms with van der Waals surface area (Å²) in [5.41, 5.74) is 0. The van der Waals surface area contributed by atoms with Crippen molar-refractivity contribution in [1.82, 2.24) is 0 Å². The molecule has 0 aliphatic heterocycles. The summed E-state index contributed by atoms with van der Waals surface area (Å²) >= 11 is 0. The van der Waals surface area contributed by atoms with Crippen LogP contribution in [-0.2, 0) is 9.84 Å². The topological polar surface area (TPSA) is 34.1 Å². The smallest absolute Gasteiger partial charge is 0.172 e. The third-order valence-corrected chi connectivity index (χ3v) is 2.69. The molecular weight excluding hydrogens is 160 g/mol. The first-order valence-corrected chi connectivity index (χ1v) is 5.22. The van der Waals surface area contributed by atoms with Crippen molar-refractivity contribution in [2.75, 3.05) is 6.26 Å². The van der Waals surface area contributed by atoms with E-state index in [0.29, 0.717) is 11.3 Å². The largest absolute Gasteiger partial charge is 0.224 e. The van der Waals surface area contributed by atoms with Crippen molar-refractivity contribution in [1.29, 1.82) is 0 Å². The molecule has 3 heteroatoms. The fraction of sp³-hybridized carbons (Fsp3) is 0.250. The van der Waals surface area contributed by atoms with E-state index in [1.165, 1.54) is 6.26 Å². The quantitative estimate of drug-likeness (QED) is 0.596. The molecule has 11 heavy (non-hydrogen) atoms. The third-order valence-electron chi connectivity index (χ3n) is 1.44. The van der Waals surface area contributed by atoms with E-state index in [2.05, 4.69) is 0 Å². The zero-order chi connectivity index (χ0) is 8.32. The number of sulfone groups is 1. The van der Waals surface area contributed by atoms with E-state index in [4.69, 9.17) is 0 Å². The van der Waals surface area contributed by atoms with Crippen molar-refractivity contribution in [2.24, 2.45) is 0 Å². The molecule has 1 aliphatic rings. The standard InChI is InChI=1S/C8H10O2S/c1-11(9,10)8-6-4-2-3-5-7-8/h2-6H,7H2,1H3. The normalized spacial score (nSPS) is 17.7. The van der Waals surface area contributed by atoms with E-state index in [0.717, 1.165) is 0 Å². The zero-order valence-electron chi connectivity index (χ0n) is 6.32. The highest BCUT2D eigenvalue weighted by atomic mass is 32.2. The molecule has 0 N–H and O–H groups in total. The predicted molar refractivity (Wildman–Crippen MR) is 45.8 cm³/mol. The Hall–Kier alpha value is -0.830. The summed E-state index contributed by atoms with van der Waals surface area (Å²) in [6, 6.07) is 0. The molecule has 0 amide bonds. The van der Waals surface area contributed by atoms with Gasteiger partial charge in [0.1, 0.15) is 0 Å². The molecule has 0 atom stereocenters. The van der Waals surface area contributed by atoms with Gasteiger partial charge in [-0.25, -0.2) is 8.42 Å². The molecule has 0 aromatic rings. The highest BCUT2D eigenvalue weighted by Gasteiger charge is 2.08. The van der Waals surface area contributed by atoms with Crippen LogP contribution in [0.15, 0.2) is 35.3 Å². The van der Waals surface area contributed by atoms with Gasteiger partial charge in [-0.2, -0.15) is 0 Å². The lowest BCUT2D eigenvalue weighted by Crippen LogP contribution is -1.99.